The number of esters is 1. The fourth-order valence-corrected chi connectivity index (χ4v) is 10.8. The van der Waals surface area contributed by atoms with Gasteiger partial charge < -0.3 is 29.0 Å². The number of benzene rings is 1. The molecular weight excluding hydrogens is 807 g/mol. The number of pyridine rings is 1. The van der Waals surface area contributed by atoms with Crippen LogP contribution in [-0.2, 0) is 46.4 Å². The zero-order chi connectivity index (χ0) is 44.0. The second kappa shape index (κ2) is 17.8. The Balaban J connectivity index is 1.22. The van der Waals surface area contributed by atoms with Crippen LogP contribution in [0.5, 0.6) is 0 Å². The molecule has 0 radical (unpaired) electrons. The number of aromatic nitrogens is 3. The first kappa shape index (κ1) is 43.9. The maximum absolute atomic E-state index is 14.8. The second-order valence-corrected chi connectivity index (χ2v) is 19.1. The van der Waals surface area contributed by atoms with E-state index in [0.717, 1.165) is 51.8 Å². The molecule has 3 amide bonds. The molecule has 8 rings (SSSR count). The number of nitrogens with zero attached hydrogens (tertiary/aromatic N) is 5. The molecule has 8 atom stereocenters. The van der Waals surface area contributed by atoms with Gasteiger partial charge >= 0.3 is 5.97 Å². The zero-order valence-corrected chi connectivity index (χ0v) is 38.0. The molecule has 332 valence electrons. The van der Waals surface area contributed by atoms with Crippen LogP contribution in [0.15, 0.2) is 41.9 Å². The highest BCUT2D eigenvalue weighted by Gasteiger charge is 2.58. The molecule has 6 bridgehead atoms. The second-order valence-electron chi connectivity index (χ2n) is 18.2. The summed E-state index contributed by atoms with van der Waals surface area (Å²) >= 11 is 1.37. The van der Waals surface area contributed by atoms with Crippen LogP contribution < -0.4 is 10.7 Å². The fourth-order valence-electron chi connectivity index (χ4n) is 9.88. The van der Waals surface area contributed by atoms with Crippen molar-refractivity contribution >= 4 is 45.9 Å². The Labute approximate surface area is 368 Å². The lowest BCUT2D eigenvalue weighted by molar-refractivity contribution is -0.156. The molecule has 14 nitrogen and oxygen atoms in total. The number of amides is 3. The van der Waals surface area contributed by atoms with Crippen LogP contribution in [0, 0.1) is 23.2 Å². The molecule has 6 heterocycles. The van der Waals surface area contributed by atoms with Crippen molar-refractivity contribution in [3.63, 3.8) is 0 Å². The van der Waals surface area contributed by atoms with E-state index in [1.54, 1.807) is 13.3 Å². The van der Waals surface area contributed by atoms with E-state index in [1.807, 2.05) is 37.1 Å². The lowest BCUT2D eigenvalue weighted by Crippen LogP contribution is -2.61. The Kier molecular flexibility index (Phi) is 12.6. The Morgan fingerprint density at radius 2 is 1.89 bits per heavy atom. The van der Waals surface area contributed by atoms with Gasteiger partial charge in [-0.15, -0.1) is 11.3 Å². The first-order valence-corrected chi connectivity index (χ1v) is 23.2. The van der Waals surface area contributed by atoms with E-state index in [0.29, 0.717) is 49.6 Å². The third kappa shape index (κ3) is 8.28. The fraction of sp³-hybridized carbons (Fsp3) is 0.574. The lowest BCUT2D eigenvalue weighted by Gasteiger charge is -2.37. The molecule has 0 unspecified atom stereocenters. The zero-order valence-electron chi connectivity index (χ0n) is 37.2. The first-order valence-electron chi connectivity index (χ1n) is 22.3. The minimum absolute atomic E-state index is 0.00113. The van der Waals surface area contributed by atoms with Crippen LogP contribution >= 0.6 is 11.3 Å². The standard InChI is InChI=1S/C47H61N7O7S/c1-9-52-35-18-17-29-22-31(35)32(40(52)30-15-11-19-48-38(30)28(5)59-8)23-47(6,7)25-61-46(58)33-16-13-21-54(51-33)45(57)39(41(60-10-2)43-49-34(29)24-62-43)50-42(55)36-27(4)37(36)44(56)53-20-12-14-26(53)3/h11,15,17-19,22,24,26-28,33,36-37,39,41,51H,9-10,12-14,16,20-21,23,25H2,1-8H3,(H,50,55)/t26-,27+,28-,33-,36+,37+,39-,41-/m0/s1. The normalized spacial score (nSPS) is 26.9. The SMILES string of the molecule is CCO[C@@H]1c2nc(cs2)-c2ccc3c(c2)c(c(-c2cccnc2[C@H](C)OC)n3CC)CC(C)(C)COC(=O)[C@@H]2CCCN(N2)C(=O)[C@H]1NC(=O)[C@@H]1[C@@H](C)[C@H]1C(=O)N1CCC[C@@H]1C. The maximum Gasteiger partial charge on any atom is 0.324 e. The number of rotatable bonds is 9. The molecule has 1 saturated carbocycles. The monoisotopic (exact) mass is 867 g/mol. The summed E-state index contributed by atoms with van der Waals surface area (Å²) in [4.78, 5) is 68.5. The molecule has 1 aromatic carbocycles. The van der Waals surface area contributed by atoms with Gasteiger partial charge in [0.15, 0.2) is 0 Å². The first-order chi connectivity index (χ1) is 29.8. The summed E-state index contributed by atoms with van der Waals surface area (Å²) in [6, 6.07) is 8.58. The van der Waals surface area contributed by atoms with Crippen LogP contribution in [0.1, 0.15) is 103 Å². The van der Waals surface area contributed by atoms with Gasteiger partial charge in [-0.1, -0.05) is 26.8 Å². The average molecular weight is 868 g/mol. The highest BCUT2D eigenvalue weighted by molar-refractivity contribution is 7.10. The number of aryl methyl sites for hydroxylation is 1. The summed E-state index contributed by atoms with van der Waals surface area (Å²) in [6.45, 7) is 16.2. The number of methoxy groups -OCH3 is 1. The van der Waals surface area contributed by atoms with Crippen molar-refractivity contribution in [3.8, 4) is 22.5 Å². The number of nitrogens with one attached hydrogen (secondary N) is 2. The van der Waals surface area contributed by atoms with Gasteiger partial charge in [0, 0.05) is 78.4 Å². The van der Waals surface area contributed by atoms with Gasteiger partial charge in [0.25, 0.3) is 5.91 Å². The number of hydrazine groups is 1. The van der Waals surface area contributed by atoms with Gasteiger partial charge in [-0.25, -0.2) is 10.4 Å². The van der Waals surface area contributed by atoms with Crippen LogP contribution in [0.2, 0.25) is 0 Å². The summed E-state index contributed by atoms with van der Waals surface area (Å²) in [5.74, 6) is -2.47. The summed E-state index contributed by atoms with van der Waals surface area (Å²) in [5.41, 5.74) is 9.27. The van der Waals surface area contributed by atoms with Crippen LogP contribution in [0.3, 0.4) is 0 Å². The Hall–Kier alpha value is -4.70. The van der Waals surface area contributed by atoms with Crippen molar-refractivity contribution < 1.29 is 33.4 Å². The number of cyclic esters (lactones) is 1. The Morgan fingerprint density at radius 3 is 2.61 bits per heavy atom. The molecule has 3 aliphatic heterocycles. The quantitative estimate of drug-likeness (QED) is 0.175. The topological polar surface area (TPSA) is 157 Å². The van der Waals surface area contributed by atoms with Gasteiger partial charge in [-0.2, -0.15) is 0 Å². The highest BCUT2D eigenvalue weighted by Crippen LogP contribution is 2.48. The van der Waals surface area contributed by atoms with E-state index in [-0.39, 0.29) is 43.1 Å². The number of hydrogen-bond donors (Lipinski definition) is 2. The van der Waals surface area contributed by atoms with Crippen LogP contribution in [0.4, 0.5) is 0 Å². The molecule has 2 saturated heterocycles. The molecular formula is C47H61N7O7S. The average Bonchev–Trinajstić information content (AvgIpc) is 3.61. The van der Waals surface area contributed by atoms with E-state index in [9.17, 15) is 19.2 Å². The van der Waals surface area contributed by atoms with Gasteiger partial charge in [-0.3, -0.25) is 29.2 Å². The molecule has 3 aromatic heterocycles. The lowest BCUT2D eigenvalue weighted by atomic mass is 9.84. The predicted octanol–water partition coefficient (Wildman–Crippen LogP) is 6.63. The van der Waals surface area contributed by atoms with E-state index in [4.69, 9.17) is 24.2 Å². The van der Waals surface area contributed by atoms with Gasteiger partial charge in [0.2, 0.25) is 11.8 Å². The largest absolute Gasteiger partial charge is 0.464 e. The van der Waals surface area contributed by atoms with E-state index >= 15 is 0 Å². The molecule has 4 aliphatic rings. The summed E-state index contributed by atoms with van der Waals surface area (Å²) < 4.78 is 20.6. The smallest absolute Gasteiger partial charge is 0.324 e. The number of carbonyl (C=O) groups is 4. The highest BCUT2D eigenvalue weighted by atomic mass is 32.1. The molecule has 15 heteroatoms. The maximum atomic E-state index is 14.8. The summed E-state index contributed by atoms with van der Waals surface area (Å²) in [6.07, 6.45) is 4.08. The van der Waals surface area contributed by atoms with Crippen molar-refractivity contribution in [2.24, 2.45) is 23.2 Å². The van der Waals surface area contributed by atoms with E-state index in [2.05, 4.69) is 67.3 Å². The third-order valence-corrected chi connectivity index (χ3v) is 14.3. The Bertz CT molecular complexity index is 2340. The van der Waals surface area contributed by atoms with Crippen molar-refractivity contribution in [2.75, 3.05) is 33.4 Å². The number of ether oxygens (including phenoxy) is 3. The molecule has 2 N–H and O–H groups in total. The number of thiazole rings is 1. The van der Waals surface area contributed by atoms with Crippen LogP contribution in [-0.4, -0.2) is 99.7 Å². The number of likely N-dealkylation sites (tertiary alicyclic amines) is 1. The van der Waals surface area contributed by atoms with Crippen molar-refractivity contribution in [3.05, 3.63) is 58.2 Å². The van der Waals surface area contributed by atoms with Gasteiger partial charge in [0.1, 0.15) is 23.2 Å². The number of fused-ring (bicyclic) bond motifs is 6. The number of hydrogen-bond acceptors (Lipinski definition) is 11. The molecule has 1 aliphatic carbocycles. The van der Waals surface area contributed by atoms with Gasteiger partial charge in [-0.05, 0) is 95.5 Å². The van der Waals surface area contributed by atoms with E-state index < -0.39 is 47.3 Å². The van der Waals surface area contributed by atoms with Crippen molar-refractivity contribution in [1.29, 1.82) is 0 Å². The minimum atomic E-state index is -1.20. The van der Waals surface area contributed by atoms with E-state index in [1.165, 1.54) is 16.3 Å². The van der Waals surface area contributed by atoms with Gasteiger partial charge in [0.05, 0.1) is 41.6 Å². The molecule has 0 spiro atoms. The minimum Gasteiger partial charge on any atom is -0.464 e. The van der Waals surface area contributed by atoms with Crippen molar-refractivity contribution in [1.82, 2.24) is 35.2 Å². The molecule has 4 aromatic rings. The molecule has 3 fully saturated rings. The molecule has 62 heavy (non-hydrogen) atoms. The van der Waals surface area contributed by atoms with Crippen molar-refractivity contribution in [2.45, 2.75) is 117 Å². The van der Waals surface area contributed by atoms with Crippen LogP contribution in [0.25, 0.3) is 33.4 Å². The Morgan fingerprint density at radius 1 is 1.10 bits per heavy atom. The third-order valence-electron chi connectivity index (χ3n) is 13.4. The predicted molar refractivity (Wildman–Crippen MR) is 237 cm³/mol. The summed E-state index contributed by atoms with van der Waals surface area (Å²) in [7, 11) is 1.69. The summed E-state index contributed by atoms with van der Waals surface area (Å²) in [5, 5.41) is 8.03. The number of carbonyl (C=O) groups excluding carboxylic acids is 4.